The molecule has 14 heavy (non-hydrogen) atoms. The van der Waals surface area contributed by atoms with Gasteiger partial charge in [-0.2, -0.15) is 0 Å². The van der Waals surface area contributed by atoms with Crippen LogP contribution in [-0.4, -0.2) is 24.4 Å². The van der Waals surface area contributed by atoms with Gasteiger partial charge in [-0.3, -0.25) is 4.79 Å². The number of Topliss-reactive ketones (excluding diaryl/α,β-unsaturated/α-hetero) is 1. The predicted molar refractivity (Wildman–Crippen MR) is 54.6 cm³/mol. The second kappa shape index (κ2) is 6.37. The van der Waals surface area contributed by atoms with E-state index in [2.05, 4.69) is 5.32 Å². The van der Waals surface area contributed by atoms with Crippen LogP contribution < -0.4 is 16.8 Å². The van der Waals surface area contributed by atoms with Gasteiger partial charge in [0.1, 0.15) is 0 Å². The van der Waals surface area contributed by atoms with E-state index in [0.29, 0.717) is 19.4 Å². The van der Waals surface area contributed by atoms with E-state index in [4.69, 9.17) is 11.5 Å². The molecule has 0 aromatic rings. The van der Waals surface area contributed by atoms with E-state index < -0.39 is 12.1 Å². The molecule has 1 atom stereocenters. The number of ketones is 1. The summed E-state index contributed by atoms with van der Waals surface area (Å²) in [5, 5.41) is 2.44. The first kappa shape index (κ1) is 12.9. The lowest BCUT2D eigenvalue weighted by Gasteiger charge is -2.12. The summed E-state index contributed by atoms with van der Waals surface area (Å²) in [6, 6.07) is -0.974. The highest BCUT2D eigenvalue weighted by Crippen LogP contribution is 2.02. The maximum absolute atomic E-state index is 11.3. The predicted octanol–water partition coefficient (Wildman–Crippen LogP) is -0.0127. The van der Waals surface area contributed by atoms with Crippen molar-refractivity contribution in [1.82, 2.24) is 5.32 Å². The van der Waals surface area contributed by atoms with Crippen molar-refractivity contribution in [2.45, 2.75) is 32.7 Å². The summed E-state index contributed by atoms with van der Waals surface area (Å²) in [6.07, 6.45) is 1.25. The SMILES string of the molecule is CC(C)C(=O)[C@@H](N)CCCNC(N)=O. The van der Waals surface area contributed by atoms with Crippen LogP contribution in [0.2, 0.25) is 0 Å². The molecule has 0 aliphatic carbocycles. The first-order valence-corrected chi connectivity index (χ1v) is 4.77. The largest absolute Gasteiger partial charge is 0.352 e. The van der Waals surface area contributed by atoms with Gasteiger partial charge < -0.3 is 16.8 Å². The molecule has 0 unspecified atom stereocenters. The van der Waals surface area contributed by atoms with Crippen LogP contribution in [0.5, 0.6) is 0 Å². The molecule has 0 aliphatic heterocycles. The maximum atomic E-state index is 11.3. The molecule has 5 heteroatoms. The summed E-state index contributed by atoms with van der Waals surface area (Å²) in [7, 11) is 0. The van der Waals surface area contributed by atoms with E-state index in [1.807, 2.05) is 13.8 Å². The number of nitrogens with one attached hydrogen (secondary N) is 1. The molecule has 0 heterocycles. The van der Waals surface area contributed by atoms with Gasteiger partial charge >= 0.3 is 6.03 Å². The summed E-state index contributed by atoms with van der Waals surface area (Å²) >= 11 is 0. The van der Waals surface area contributed by atoms with Crippen molar-refractivity contribution in [2.24, 2.45) is 17.4 Å². The molecule has 2 amide bonds. The van der Waals surface area contributed by atoms with Crippen molar-refractivity contribution < 1.29 is 9.59 Å². The Bertz CT molecular complexity index is 204. The van der Waals surface area contributed by atoms with Gasteiger partial charge in [-0.1, -0.05) is 13.8 Å². The zero-order valence-electron chi connectivity index (χ0n) is 8.75. The van der Waals surface area contributed by atoms with Crippen LogP contribution in [0.1, 0.15) is 26.7 Å². The van der Waals surface area contributed by atoms with E-state index in [9.17, 15) is 9.59 Å². The third kappa shape index (κ3) is 5.53. The molecule has 0 spiro atoms. The standard InChI is InChI=1S/C9H19N3O2/c1-6(2)8(13)7(10)4-3-5-12-9(11)14/h6-7H,3-5,10H2,1-2H3,(H3,11,12,14)/t7-/m0/s1. The van der Waals surface area contributed by atoms with Gasteiger partial charge in [0.2, 0.25) is 0 Å². The van der Waals surface area contributed by atoms with E-state index >= 15 is 0 Å². The fraction of sp³-hybridized carbons (Fsp3) is 0.778. The summed E-state index contributed by atoms with van der Waals surface area (Å²) in [5.41, 5.74) is 10.5. The van der Waals surface area contributed by atoms with Crippen LogP contribution in [0.15, 0.2) is 0 Å². The van der Waals surface area contributed by atoms with Crippen molar-refractivity contribution in [3.63, 3.8) is 0 Å². The number of nitrogens with two attached hydrogens (primary N) is 2. The molecule has 0 aromatic heterocycles. The molecule has 82 valence electrons. The molecule has 5 nitrogen and oxygen atoms in total. The average molecular weight is 201 g/mol. The third-order valence-electron chi connectivity index (χ3n) is 1.93. The molecule has 5 N–H and O–H groups in total. The number of carbonyl (C=O) groups excluding carboxylic acids is 2. The van der Waals surface area contributed by atoms with E-state index in [-0.39, 0.29) is 11.7 Å². The highest BCUT2D eigenvalue weighted by atomic mass is 16.2. The average Bonchev–Trinajstić information content (AvgIpc) is 2.10. The minimum Gasteiger partial charge on any atom is -0.352 e. The molecular formula is C9H19N3O2. The van der Waals surface area contributed by atoms with Crippen LogP contribution in [0.25, 0.3) is 0 Å². The van der Waals surface area contributed by atoms with Gasteiger partial charge in [-0.05, 0) is 12.8 Å². The highest BCUT2D eigenvalue weighted by molar-refractivity contribution is 5.85. The highest BCUT2D eigenvalue weighted by Gasteiger charge is 2.15. The van der Waals surface area contributed by atoms with E-state index in [1.165, 1.54) is 0 Å². The number of rotatable bonds is 6. The molecule has 0 rings (SSSR count). The fourth-order valence-electron chi connectivity index (χ4n) is 1.10. The lowest BCUT2D eigenvalue weighted by Crippen LogP contribution is -2.35. The first-order valence-electron chi connectivity index (χ1n) is 4.77. The summed E-state index contributed by atoms with van der Waals surface area (Å²) in [4.78, 5) is 21.6. The zero-order chi connectivity index (χ0) is 11.1. The molecule has 0 aliphatic rings. The number of hydrogen-bond donors (Lipinski definition) is 3. The van der Waals surface area contributed by atoms with Gasteiger partial charge in [0.15, 0.2) is 5.78 Å². The quantitative estimate of drug-likeness (QED) is 0.527. The Morgan fingerprint density at radius 2 is 1.93 bits per heavy atom. The molecule has 0 saturated carbocycles. The second-order valence-electron chi connectivity index (χ2n) is 3.60. The fourth-order valence-corrected chi connectivity index (χ4v) is 1.10. The van der Waals surface area contributed by atoms with Crippen LogP contribution in [0, 0.1) is 5.92 Å². The molecule has 0 saturated heterocycles. The summed E-state index contributed by atoms with van der Waals surface area (Å²) < 4.78 is 0. The third-order valence-corrected chi connectivity index (χ3v) is 1.93. The number of amides is 2. The van der Waals surface area contributed by atoms with Crippen molar-refractivity contribution in [3.05, 3.63) is 0 Å². The molecule has 0 aromatic carbocycles. The zero-order valence-corrected chi connectivity index (χ0v) is 8.75. The lowest BCUT2D eigenvalue weighted by molar-refractivity contribution is -0.123. The van der Waals surface area contributed by atoms with Crippen LogP contribution in [-0.2, 0) is 4.79 Å². The second-order valence-corrected chi connectivity index (χ2v) is 3.60. The Kier molecular flexibility index (Phi) is 5.87. The Morgan fingerprint density at radius 3 is 2.36 bits per heavy atom. The monoisotopic (exact) mass is 201 g/mol. The van der Waals surface area contributed by atoms with E-state index in [0.717, 1.165) is 0 Å². The smallest absolute Gasteiger partial charge is 0.312 e. The number of primary amides is 1. The van der Waals surface area contributed by atoms with Crippen molar-refractivity contribution >= 4 is 11.8 Å². The molecule has 0 fully saturated rings. The van der Waals surface area contributed by atoms with Crippen molar-refractivity contribution in [2.75, 3.05) is 6.54 Å². The van der Waals surface area contributed by atoms with Crippen LogP contribution in [0.3, 0.4) is 0 Å². The molecule has 0 radical (unpaired) electrons. The molecular weight excluding hydrogens is 182 g/mol. The summed E-state index contributed by atoms with van der Waals surface area (Å²) in [6.45, 7) is 4.11. The number of hydrogen-bond acceptors (Lipinski definition) is 3. The van der Waals surface area contributed by atoms with Gasteiger partial charge in [-0.25, -0.2) is 4.79 Å². The number of carbonyl (C=O) groups is 2. The molecule has 0 bridgehead atoms. The van der Waals surface area contributed by atoms with Gasteiger partial charge in [0.05, 0.1) is 6.04 Å². The van der Waals surface area contributed by atoms with Gasteiger partial charge in [0.25, 0.3) is 0 Å². The normalized spacial score (nSPS) is 12.6. The van der Waals surface area contributed by atoms with Crippen LogP contribution in [0.4, 0.5) is 4.79 Å². The van der Waals surface area contributed by atoms with Gasteiger partial charge in [0, 0.05) is 12.5 Å². The Hall–Kier alpha value is -1.10. The summed E-state index contributed by atoms with van der Waals surface area (Å²) in [5.74, 6) is 0.0261. The minimum absolute atomic E-state index is 0.0332. The van der Waals surface area contributed by atoms with Crippen molar-refractivity contribution in [1.29, 1.82) is 0 Å². The first-order chi connectivity index (χ1) is 6.45. The Morgan fingerprint density at radius 1 is 1.36 bits per heavy atom. The van der Waals surface area contributed by atoms with Gasteiger partial charge in [-0.15, -0.1) is 0 Å². The lowest BCUT2D eigenvalue weighted by atomic mass is 9.99. The van der Waals surface area contributed by atoms with E-state index in [1.54, 1.807) is 0 Å². The maximum Gasteiger partial charge on any atom is 0.312 e. The Balaban J connectivity index is 3.59. The van der Waals surface area contributed by atoms with Crippen LogP contribution >= 0.6 is 0 Å². The van der Waals surface area contributed by atoms with Crippen molar-refractivity contribution in [3.8, 4) is 0 Å². The Labute approximate surface area is 84.2 Å². The topological polar surface area (TPSA) is 98.2 Å². The number of urea groups is 1. The minimum atomic E-state index is -0.547.